The highest BCUT2D eigenvalue weighted by atomic mass is 16.5. The molecule has 1 aromatic heterocycles. The molecular formula is C16H17N3O2. The van der Waals surface area contributed by atoms with Gasteiger partial charge in [0, 0.05) is 5.39 Å². The van der Waals surface area contributed by atoms with Crippen LogP contribution in [0.2, 0.25) is 0 Å². The molecule has 5 heteroatoms. The van der Waals surface area contributed by atoms with Gasteiger partial charge in [-0.1, -0.05) is 18.2 Å². The molecule has 2 aromatic carbocycles. The van der Waals surface area contributed by atoms with E-state index < -0.39 is 0 Å². The Balaban J connectivity index is 1.99. The van der Waals surface area contributed by atoms with Crippen molar-refractivity contribution in [3.05, 3.63) is 48.0 Å². The molecule has 5 nitrogen and oxygen atoms in total. The number of rotatable bonds is 4. The van der Waals surface area contributed by atoms with E-state index in [1.165, 1.54) is 0 Å². The maximum atomic E-state index is 5.96. The SMILES string of the molecule is COc1ccc(Cn2nc(N)c3ccccc32)cc1OC. The molecule has 0 bridgehead atoms. The summed E-state index contributed by atoms with van der Waals surface area (Å²) in [6.45, 7) is 0.623. The zero-order chi connectivity index (χ0) is 14.8. The molecule has 0 atom stereocenters. The van der Waals surface area contributed by atoms with Gasteiger partial charge in [-0.05, 0) is 29.8 Å². The zero-order valence-electron chi connectivity index (χ0n) is 12.0. The van der Waals surface area contributed by atoms with E-state index in [-0.39, 0.29) is 0 Å². The standard InChI is InChI=1S/C16H17N3O2/c1-20-14-8-7-11(9-15(14)21-2)10-19-13-6-4-3-5-12(13)16(17)18-19/h3-9H,10H2,1-2H3,(H2,17,18). The first-order valence-corrected chi connectivity index (χ1v) is 6.65. The van der Waals surface area contributed by atoms with Crippen LogP contribution in [-0.2, 0) is 6.54 Å². The van der Waals surface area contributed by atoms with E-state index in [9.17, 15) is 0 Å². The summed E-state index contributed by atoms with van der Waals surface area (Å²) >= 11 is 0. The predicted molar refractivity (Wildman–Crippen MR) is 82.8 cm³/mol. The van der Waals surface area contributed by atoms with Gasteiger partial charge in [0.25, 0.3) is 0 Å². The molecule has 2 N–H and O–H groups in total. The van der Waals surface area contributed by atoms with Gasteiger partial charge >= 0.3 is 0 Å². The molecule has 0 saturated carbocycles. The summed E-state index contributed by atoms with van der Waals surface area (Å²) in [7, 11) is 3.25. The zero-order valence-corrected chi connectivity index (χ0v) is 12.0. The maximum Gasteiger partial charge on any atom is 0.161 e. The lowest BCUT2D eigenvalue weighted by Gasteiger charge is -2.10. The number of benzene rings is 2. The highest BCUT2D eigenvalue weighted by Gasteiger charge is 2.09. The largest absolute Gasteiger partial charge is 0.493 e. The minimum absolute atomic E-state index is 0.547. The van der Waals surface area contributed by atoms with E-state index in [2.05, 4.69) is 5.10 Å². The molecule has 1 heterocycles. The van der Waals surface area contributed by atoms with Gasteiger partial charge in [0.05, 0.1) is 26.3 Å². The van der Waals surface area contributed by atoms with Crippen molar-refractivity contribution in [2.24, 2.45) is 0 Å². The smallest absolute Gasteiger partial charge is 0.161 e. The minimum atomic E-state index is 0.547. The van der Waals surface area contributed by atoms with Crippen LogP contribution >= 0.6 is 0 Å². The second-order valence-electron chi connectivity index (χ2n) is 4.75. The molecule has 3 aromatic rings. The molecule has 3 rings (SSSR count). The summed E-state index contributed by atoms with van der Waals surface area (Å²) in [5.74, 6) is 1.97. The fourth-order valence-electron chi connectivity index (χ4n) is 2.43. The number of aromatic nitrogens is 2. The molecule has 0 aliphatic heterocycles. The minimum Gasteiger partial charge on any atom is -0.493 e. The molecule has 108 valence electrons. The molecular weight excluding hydrogens is 266 g/mol. The molecule has 21 heavy (non-hydrogen) atoms. The maximum absolute atomic E-state index is 5.96. The number of nitrogens with two attached hydrogens (primary N) is 1. The first-order chi connectivity index (χ1) is 10.2. The van der Waals surface area contributed by atoms with Crippen LogP contribution in [0.3, 0.4) is 0 Å². The Hall–Kier alpha value is -2.69. The van der Waals surface area contributed by atoms with E-state index in [1.54, 1.807) is 14.2 Å². The number of anilines is 1. The van der Waals surface area contributed by atoms with Gasteiger partial charge in [0.15, 0.2) is 17.3 Å². The van der Waals surface area contributed by atoms with Gasteiger partial charge in [0.1, 0.15) is 0 Å². The second kappa shape index (κ2) is 5.36. The third-order valence-corrected chi connectivity index (χ3v) is 3.47. The van der Waals surface area contributed by atoms with E-state index in [0.29, 0.717) is 23.9 Å². The Kier molecular flexibility index (Phi) is 3.39. The van der Waals surface area contributed by atoms with Gasteiger partial charge in [-0.3, -0.25) is 4.68 Å². The van der Waals surface area contributed by atoms with Crippen molar-refractivity contribution in [2.45, 2.75) is 6.54 Å². The first kappa shape index (κ1) is 13.3. The third kappa shape index (κ3) is 2.38. The van der Waals surface area contributed by atoms with Crippen LogP contribution < -0.4 is 15.2 Å². The Labute approximate surface area is 122 Å². The van der Waals surface area contributed by atoms with Crippen molar-refractivity contribution in [1.82, 2.24) is 9.78 Å². The number of fused-ring (bicyclic) bond motifs is 1. The summed E-state index contributed by atoms with van der Waals surface area (Å²) in [6.07, 6.45) is 0. The number of ether oxygens (including phenoxy) is 2. The Bertz CT molecular complexity index is 780. The monoisotopic (exact) mass is 283 g/mol. The lowest BCUT2D eigenvalue weighted by atomic mass is 10.2. The van der Waals surface area contributed by atoms with Crippen LogP contribution in [-0.4, -0.2) is 24.0 Å². The van der Waals surface area contributed by atoms with E-state index >= 15 is 0 Å². The molecule has 0 spiro atoms. The number of methoxy groups -OCH3 is 2. The molecule has 0 fully saturated rings. The van der Waals surface area contributed by atoms with Gasteiger partial charge in [-0.15, -0.1) is 0 Å². The van der Waals surface area contributed by atoms with Crippen molar-refractivity contribution in [3.8, 4) is 11.5 Å². The van der Waals surface area contributed by atoms with Crippen LogP contribution in [0.5, 0.6) is 11.5 Å². The molecule has 0 amide bonds. The Morgan fingerprint density at radius 3 is 2.57 bits per heavy atom. The highest BCUT2D eigenvalue weighted by molar-refractivity contribution is 5.89. The molecule has 0 aliphatic carbocycles. The highest BCUT2D eigenvalue weighted by Crippen LogP contribution is 2.28. The number of nitrogens with zero attached hydrogens (tertiary/aromatic N) is 2. The normalized spacial score (nSPS) is 10.8. The second-order valence-corrected chi connectivity index (χ2v) is 4.75. The Morgan fingerprint density at radius 2 is 1.81 bits per heavy atom. The summed E-state index contributed by atoms with van der Waals surface area (Å²) in [4.78, 5) is 0. The van der Waals surface area contributed by atoms with E-state index in [1.807, 2.05) is 47.1 Å². The first-order valence-electron chi connectivity index (χ1n) is 6.65. The molecule has 0 aliphatic rings. The van der Waals surface area contributed by atoms with Gasteiger partial charge in [0.2, 0.25) is 0 Å². The van der Waals surface area contributed by atoms with Crippen LogP contribution in [0, 0.1) is 0 Å². The molecule has 0 saturated heterocycles. The predicted octanol–water partition coefficient (Wildman–Crippen LogP) is 2.68. The lowest BCUT2D eigenvalue weighted by Crippen LogP contribution is -2.03. The van der Waals surface area contributed by atoms with Crippen LogP contribution in [0.1, 0.15) is 5.56 Å². The third-order valence-electron chi connectivity index (χ3n) is 3.47. The summed E-state index contributed by atoms with van der Waals surface area (Å²) in [6, 6.07) is 13.8. The average Bonchev–Trinajstić information content (AvgIpc) is 2.84. The summed E-state index contributed by atoms with van der Waals surface area (Å²) in [5.41, 5.74) is 8.04. The quantitative estimate of drug-likeness (QED) is 0.799. The Morgan fingerprint density at radius 1 is 1.05 bits per heavy atom. The topological polar surface area (TPSA) is 62.3 Å². The fourth-order valence-corrected chi connectivity index (χ4v) is 2.43. The summed E-state index contributed by atoms with van der Waals surface area (Å²) in [5, 5.41) is 5.38. The van der Waals surface area contributed by atoms with Crippen molar-refractivity contribution >= 4 is 16.7 Å². The number of hydrogen-bond donors (Lipinski definition) is 1. The van der Waals surface area contributed by atoms with Crippen LogP contribution in [0.25, 0.3) is 10.9 Å². The van der Waals surface area contributed by atoms with Crippen molar-refractivity contribution in [2.75, 3.05) is 20.0 Å². The van der Waals surface area contributed by atoms with Crippen LogP contribution in [0.4, 0.5) is 5.82 Å². The van der Waals surface area contributed by atoms with Gasteiger partial charge in [-0.25, -0.2) is 0 Å². The molecule has 0 radical (unpaired) electrons. The number of hydrogen-bond acceptors (Lipinski definition) is 4. The number of nitrogen functional groups attached to an aromatic ring is 1. The van der Waals surface area contributed by atoms with E-state index in [4.69, 9.17) is 15.2 Å². The van der Waals surface area contributed by atoms with Crippen molar-refractivity contribution in [1.29, 1.82) is 0 Å². The van der Waals surface area contributed by atoms with Gasteiger partial charge < -0.3 is 15.2 Å². The molecule has 0 unspecified atom stereocenters. The van der Waals surface area contributed by atoms with Gasteiger partial charge in [-0.2, -0.15) is 5.10 Å². The lowest BCUT2D eigenvalue weighted by molar-refractivity contribution is 0.354. The van der Waals surface area contributed by atoms with E-state index in [0.717, 1.165) is 16.5 Å². The fraction of sp³-hybridized carbons (Fsp3) is 0.188. The van der Waals surface area contributed by atoms with Crippen molar-refractivity contribution in [3.63, 3.8) is 0 Å². The summed E-state index contributed by atoms with van der Waals surface area (Å²) < 4.78 is 12.5. The number of para-hydroxylation sites is 1. The average molecular weight is 283 g/mol. The van der Waals surface area contributed by atoms with Crippen molar-refractivity contribution < 1.29 is 9.47 Å². The van der Waals surface area contributed by atoms with Crippen LogP contribution in [0.15, 0.2) is 42.5 Å².